The molecular formula is C14H20N2O2. The van der Waals surface area contributed by atoms with Gasteiger partial charge >= 0.3 is 0 Å². The zero-order valence-corrected chi connectivity index (χ0v) is 10.8. The van der Waals surface area contributed by atoms with E-state index in [9.17, 15) is 4.79 Å². The van der Waals surface area contributed by atoms with Gasteiger partial charge < -0.3 is 15.4 Å². The highest BCUT2D eigenvalue weighted by Crippen LogP contribution is 2.33. The Bertz CT molecular complexity index is 412. The fourth-order valence-electron chi connectivity index (χ4n) is 2.57. The summed E-state index contributed by atoms with van der Waals surface area (Å²) >= 11 is 0. The Kier molecular flexibility index (Phi) is 4.20. The summed E-state index contributed by atoms with van der Waals surface area (Å²) in [6.45, 7) is 1.69. The molecule has 18 heavy (non-hydrogen) atoms. The quantitative estimate of drug-likeness (QED) is 0.878. The highest BCUT2D eigenvalue weighted by atomic mass is 16.5. The molecule has 0 aliphatic carbocycles. The van der Waals surface area contributed by atoms with Crippen molar-refractivity contribution in [3.05, 3.63) is 29.8 Å². The van der Waals surface area contributed by atoms with Crippen LogP contribution < -0.4 is 10.5 Å². The summed E-state index contributed by atoms with van der Waals surface area (Å²) in [5, 5.41) is 0. The first kappa shape index (κ1) is 12.9. The van der Waals surface area contributed by atoms with Gasteiger partial charge in [-0.25, -0.2) is 0 Å². The van der Waals surface area contributed by atoms with Gasteiger partial charge in [-0.05, 0) is 30.4 Å². The van der Waals surface area contributed by atoms with Crippen LogP contribution in [0.15, 0.2) is 24.3 Å². The van der Waals surface area contributed by atoms with E-state index in [4.69, 9.17) is 10.5 Å². The maximum Gasteiger partial charge on any atom is 0.236 e. The molecule has 0 radical (unpaired) electrons. The average molecular weight is 248 g/mol. The molecular weight excluding hydrogens is 228 g/mol. The molecule has 0 saturated carbocycles. The van der Waals surface area contributed by atoms with Crippen molar-refractivity contribution in [3.8, 4) is 5.75 Å². The predicted molar refractivity (Wildman–Crippen MR) is 70.6 cm³/mol. The predicted octanol–water partition coefficient (Wildman–Crippen LogP) is 1.36. The Hall–Kier alpha value is -1.55. The molecule has 1 heterocycles. The summed E-state index contributed by atoms with van der Waals surface area (Å²) < 4.78 is 5.39. The number of benzene rings is 1. The molecule has 0 atom stereocenters. The fourth-order valence-corrected chi connectivity index (χ4v) is 2.57. The standard InChI is InChI=1S/C14H20N2O2/c1-18-13-5-3-2-4-12(13)11-6-8-16(9-7-11)14(17)10-15/h2-5,11H,6-10,15H2,1H3. The van der Waals surface area contributed by atoms with Crippen molar-refractivity contribution in [3.63, 3.8) is 0 Å². The third kappa shape index (κ3) is 2.64. The minimum Gasteiger partial charge on any atom is -0.496 e. The van der Waals surface area contributed by atoms with Gasteiger partial charge in [0.05, 0.1) is 13.7 Å². The number of para-hydroxylation sites is 1. The second-order valence-electron chi connectivity index (χ2n) is 4.60. The number of methoxy groups -OCH3 is 1. The number of hydrogen-bond acceptors (Lipinski definition) is 3. The van der Waals surface area contributed by atoms with Gasteiger partial charge in [-0.2, -0.15) is 0 Å². The van der Waals surface area contributed by atoms with Crippen LogP contribution >= 0.6 is 0 Å². The van der Waals surface area contributed by atoms with E-state index in [-0.39, 0.29) is 12.5 Å². The average Bonchev–Trinajstić information content (AvgIpc) is 2.46. The molecule has 1 saturated heterocycles. The topological polar surface area (TPSA) is 55.6 Å². The molecule has 1 aromatic carbocycles. The molecule has 1 aliphatic rings. The molecule has 1 aliphatic heterocycles. The van der Waals surface area contributed by atoms with Crippen LogP contribution in [-0.4, -0.2) is 37.6 Å². The highest BCUT2D eigenvalue weighted by molar-refractivity contribution is 5.78. The van der Waals surface area contributed by atoms with Crippen LogP contribution in [0.3, 0.4) is 0 Å². The number of likely N-dealkylation sites (tertiary alicyclic amines) is 1. The second-order valence-corrected chi connectivity index (χ2v) is 4.60. The Balaban J connectivity index is 2.03. The maximum atomic E-state index is 11.5. The Morgan fingerprint density at radius 1 is 1.39 bits per heavy atom. The largest absolute Gasteiger partial charge is 0.496 e. The number of rotatable bonds is 3. The Morgan fingerprint density at radius 2 is 2.06 bits per heavy atom. The molecule has 0 unspecified atom stereocenters. The number of ether oxygens (including phenoxy) is 1. The fraction of sp³-hybridized carbons (Fsp3) is 0.500. The van der Waals surface area contributed by atoms with Gasteiger partial charge in [-0.1, -0.05) is 18.2 Å². The summed E-state index contributed by atoms with van der Waals surface area (Å²) in [7, 11) is 1.70. The van der Waals surface area contributed by atoms with Crippen LogP contribution in [0.25, 0.3) is 0 Å². The van der Waals surface area contributed by atoms with Crippen LogP contribution in [0, 0.1) is 0 Å². The van der Waals surface area contributed by atoms with Crippen LogP contribution in [0.5, 0.6) is 5.75 Å². The van der Waals surface area contributed by atoms with Gasteiger partial charge in [0.25, 0.3) is 0 Å². The van der Waals surface area contributed by atoms with E-state index in [1.807, 2.05) is 23.1 Å². The molecule has 0 bridgehead atoms. The van der Waals surface area contributed by atoms with E-state index >= 15 is 0 Å². The van der Waals surface area contributed by atoms with Crippen molar-refractivity contribution in [2.24, 2.45) is 5.73 Å². The molecule has 0 spiro atoms. The number of nitrogens with zero attached hydrogens (tertiary/aromatic N) is 1. The maximum absolute atomic E-state index is 11.5. The van der Waals surface area contributed by atoms with Gasteiger partial charge in [0, 0.05) is 13.1 Å². The lowest BCUT2D eigenvalue weighted by atomic mass is 9.89. The molecule has 1 fully saturated rings. The van der Waals surface area contributed by atoms with Crippen molar-refractivity contribution in [1.82, 2.24) is 4.90 Å². The van der Waals surface area contributed by atoms with Gasteiger partial charge in [-0.3, -0.25) is 4.79 Å². The van der Waals surface area contributed by atoms with Crippen molar-refractivity contribution in [1.29, 1.82) is 0 Å². The minimum absolute atomic E-state index is 0.0495. The number of nitrogens with two attached hydrogens (primary N) is 1. The van der Waals surface area contributed by atoms with Crippen molar-refractivity contribution >= 4 is 5.91 Å². The molecule has 4 heteroatoms. The lowest BCUT2D eigenvalue weighted by molar-refractivity contribution is -0.130. The van der Waals surface area contributed by atoms with E-state index in [1.165, 1.54) is 5.56 Å². The summed E-state index contributed by atoms with van der Waals surface area (Å²) in [4.78, 5) is 13.4. The zero-order valence-electron chi connectivity index (χ0n) is 10.8. The van der Waals surface area contributed by atoms with E-state index in [0.717, 1.165) is 31.7 Å². The van der Waals surface area contributed by atoms with Crippen molar-refractivity contribution in [2.75, 3.05) is 26.7 Å². The van der Waals surface area contributed by atoms with E-state index in [0.29, 0.717) is 5.92 Å². The van der Waals surface area contributed by atoms with Gasteiger partial charge in [0.1, 0.15) is 5.75 Å². The normalized spacial score (nSPS) is 16.7. The molecule has 4 nitrogen and oxygen atoms in total. The first-order valence-electron chi connectivity index (χ1n) is 6.37. The summed E-state index contributed by atoms with van der Waals surface area (Å²) in [5.41, 5.74) is 6.63. The van der Waals surface area contributed by atoms with E-state index < -0.39 is 0 Å². The van der Waals surface area contributed by atoms with Crippen molar-refractivity contribution < 1.29 is 9.53 Å². The number of piperidine rings is 1. The number of carbonyl (C=O) groups is 1. The molecule has 1 aromatic rings. The van der Waals surface area contributed by atoms with Crippen LogP contribution in [-0.2, 0) is 4.79 Å². The van der Waals surface area contributed by atoms with Crippen molar-refractivity contribution in [2.45, 2.75) is 18.8 Å². The zero-order chi connectivity index (χ0) is 13.0. The Morgan fingerprint density at radius 3 is 2.67 bits per heavy atom. The van der Waals surface area contributed by atoms with E-state index in [1.54, 1.807) is 7.11 Å². The molecule has 98 valence electrons. The molecule has 1 amide bonds. The SMILES string of the molecule is COc1ccccc1C1CCN(C(=O)CN)CC1. The number of amides is 1. The lowest BCUT2D eigenvalue weighted by Crippen LogP contribution is -2.41. The third-order valence-electron chi connectivity index (χ3n) is 3.60. The lowest BCUT2D eigenvalue weighted by Gasteiger charge is -2.32. The monoisotopic (exact) mass is 248 g/mol. The van der Waals surface area contributed by atoms with Crippen LogP contribution in [0.2, 0.25) is 0 Å². The van der Waals surface area contributed by atoms with Gasteiger partial charge in [0.2, 0.25) is 5.91 Å². The smallest absolute Gasteiger partial charge is 0.236 e. The summed E-state index contributed by atoms with van der Waals surface area (Å²) in [5.74, 6) is 1.47. The second kappa shape index (κ2) is 5.87. The summed E-state index contributed by atoms with van der Waals surface area (Å²) in [6, 6.07) is 8.13. The summed E-state index contributed by atoms with van der Waals surface area (Å²) in [6.07, 6.45) is 1.96. The Labute approximate surface area is 108 Å². The number of carbonyl (C=O) groups excluding carboxylic acids is 1. The third-order valence-corrected chi connectivity index (χ3v) is 3.60. The molecule has 2 N–H and O–H groups in total. The van der Waals surface area contributed by atoms with Crippen LogP contribution in [0.4, 0.5) is 0 Å². The molecule has 2 rings (SSSR count). The van der Waals surface area contributed by atoms with Gasteiger partial charge in [0.15, 0.2) is 0 Å². The van der Waals surface area contributed by atoms with Gasteiger partial charge in [-0.15, -0.1) is 0 Å². The number of hydrogen-bond donors (Lipinski definition) is 1. The molecule has 0 aromatic heterocycles. The first-order valence-corrected chi connectivity index (χ1v) is 6.37. The highest BCUT2D eigenvalue weighted by Gasteiger charge is 2.24. The van der Waals surface area contributed by atoms with E-state index in [2.05, 4.69) is 6.07 Å². The van der Waals surface area contributed by atoms with Crippen LogP contribution in [0.1, 0.15) is 24.3 Å². The minimum atomic E-state index is 0.0495. The first-order chi connectivity index (χ1) is 8.76.